The number of benzene rings is 2. The van der Waals surface area contributed by atoms with Crippen LogP contribution in [0.3, 0.4) is 0 Å². The van der Waals surface area contributed by atoms with Crippen molar-refractivity contribution < 1.29 is 4.74 Å². The first-order chi connectivity index (χ1) is 14.5. The molecule has 4 rings (SSSR count). The number of hydrogen-bond donors (Lipinski definition) is 0. The van der Waals surface area contributed by atoms with Crippen molar-refractivity contribution in [1.29, 1.82) is 0 Å². The van der Waals surface area contributed by atoms with Gasteiger partial charge >= 0.3 is 0 Å². The minimum absolute atomic E-state index is 0.224. The van der Waals surface area contributed by atoms with Crippen LogP contribution >= 0.6 is 27.3 Å². The highest BCUT2D eigenvalue weighted by Crippen LogP contribution is 2.27. The topological polar surface area (TPSA) is 38.9 Å². The van der Waals surface area contributed by atoms with Crippen LogP contribution in [0.1, 0.15) is 35.1 Å². The van der Waals surface area contributed by atoms with E-state index in [1.54, 1.807) is 11.3 Å². The number of halogens is 1. The molecule has 1 aliphatic heterocycles. The van der Waals surface area contributed by atoms with Gasteiger partial charge in [0.1, 0.15) is 0 Å². The number of hydrogen-bond acceptors (Lipinski definition) is 4. The molecule has 1 fully saturated rings. The van der Waals surface area contributed by atoms with Gasteiger partial charge in [0.25, 0.3) is 0 Å². The van der Waals surface area contributed by atoms with E-state index >= 15 is 0 Å². The molecule has 1 unspecified atom stereocenters. The average Bonchev–Trinajstić information content (AvgIpc) is 3.37. The molecule has 3 aromatic rings. The summed E-state index contributed by atoms with van der Waals surface area (Å²) in [4.78, 5) is 5.76. The van der Waals surface area contributed by atoms with Gasteiger partial charge in [-0.2, -0.15) is 5.10 Å². The Kier molecular flexibility index (Phi) is 6.66. The molecule has 0 saturated carbocycles. The van der Waals surface area contributed by atoms with Crippen LogP contribution in [-0.4, -0.2) is 30.1 Å². The van der Waals surface area contributed by atoms with Crippen LogP contribution in [0.25, 0.3) is 11.3 Å². The molecular formula is C24H26BrN3OS. The van der Waals surface area contributed by atoms with Crippen molar-refractivity contribution in [2.75, 3.05) is 13.2 Å². The molecule has 1 saturated heterocycles. The van der Waals surface area contributed by atoms with Crippen molar-refractivity contribution in [2.24, 2.45) is 10.1 Å². The number of aryl methyl sites for hydroxylation is 3. The van der Waals surface area contributed by atoms with Gasteiger partial charge in [-0.25, -0.2) is 4.68 Å². The number of aromatic nitrogens is 1. The maximum absolute atomic E-state index is 5.75. The maximum Gasteiger partial charge on any atom is 0.206 e. The predicted octanol–water partition coefficient (Wildman–Crippen LogP) is 5.87. The molecule has 6 heteroatoms. The second kappa shape index (κ2) is 9.41. The third kappa shape index (κ3) is 4.82. The molecule has 0 spiro atoms. The zero-order chi connectivity index (χ0) is 21.1. The van der Waals surface area contributed by atoms with Gasteiger partial charge in [0.15, 0.2) is 0 Å². The Morgan fingerprint density at radius 1 is 1.17 bits per heavy atom. The largest absolute Gasteiger partial charge is 0.376 e. The molecule has 0 radical (unpaired) electrons. The van der Waals surface area contributed by atoms with Crippen molar-refractivity contribution in [3.8, 4) is 11.3 Å². The quantitative estimate of drug-likeness (QED) is 0.418. The van der Waals surface area contributed by atoms with E-state index in [0.717, 1.165) is 40.0 Å². The summed E-state index contributed by atoms with van der Waals surface area (Å²) in [6, 6.07) is 12.6. The van der Waals surface area contributed by atoms with Crippen LogP contribution in [-0.2, 0) is 4.74 Å². The summed E-state index contributed by atoms with van der Waals surface area (Å²) in [6.07, 6.45) is 4.32. The van der Waals surface area contributed by atoms with Gasteiger partial charge in [-0.05, 0) is 74.1 Å². The van der Waals surface area contributed by atoms with E-state index in [2.05, 4.69) is 60.3 Å². The number of rotatable bonds is 5. The first-order valence-electron chi connectivity index (χ1n) is 10.2. The molecule has 1 atom stereocenters. The average molecular weight is 484 g/mol. The second-order valence-electron chi connectivity index (χ2n) is 7.74. The number of nitrogens with zero attached hydrogens (tertiary/aromatic N) is 3. The SMILES string of the molecule is Cc1cc(C)c(-c2csc(=NCC3CCCO3)n2N=Cc2cccc(Br)c2)cc1C. The first-order valence-corrected chi connectivity index (χ1v) is 11.9. The molecule has 4 nitrogen and oxygen atoms in total. The van der Waals surface area contributed by atoms with E-state index in [9.17, 15) is 0 Å². The Morgan fingerprint density at radius 3 is 2.77 bits per heavy atom. The molecule has 0 aliphatic carbocycles. The third-order valence-electron chi connectivity index (χ3n) is 5.43. The van der Waals surface area contributed by atoms with E-state index in [4.69, 9.17) is 14.8 Å². The summed E-state index contributed by atoms with van der Waals surface area (Å²) >= 11 is 5.16. The van der Waals surface area contributed by atoms with Gasteiger partial charge in [0.2, 0.25) is 4.80 Å². The second-order valence-corrected chi connectivity index (χ2v) is 9.49. The lowest BCUT2D eigenvalue weighted by atomic mass is 9.99. The Labute approximate surface area is 190 Å². The van der Waals surface area contributed by atoms with Gasteiger partial charge in [-0.3, -0.25) is 4.99 Å². The lowest BCUT2D eigenvalue weighted by Gasteiger charge is -2.11. The van der Waals surface area contributed by atoms with Crippen LogP contribution < -0.4 is 4.80 Å². The lowest BCUT2D eigenvalue weighted by Crippen LogP contribution is -2.17. The summed E-state index contributed by atoms with van der Waals surface area (Å²) in [7, 11) is 0. The third-order valence-corrected chi connectivity index (χ3v) is 6.77. The number of thiazole rings is 1. The van der Waals surface area contributed by atoms with Gasteiger partial charge < -0.3 is 4.74 Å². The van der Waals surface area contributed by atoms with Gasteiger partial charge in [0.05, 0.1) is 24.6 Å². The Hall–Kier alpha value is -2.02. The molecule has 156 valence electrons. The smallest absolute Gasteiger partial charge is 0.206 e. The van der Waals surface area contributed by atoms with Gasteiger partial charge in [0, 0.05) is 22.0 Å². The summed E-state index contributed by atoms with van der Waals surface area (Å²) < 4.78 is 8.76. The fraction of sp³-hybridized carbons (Fsp3) is 0.333. The van der Waals surface area contributed by atoms with E-state index in [1.807, 2.05) is 29.1 Å². The maximum atomic E-state index is 5.75. The minimum Gasteiger partial charge on any atom is -0.376 e. The highest BCUT2D eigenvalue weighted by molar-refractivity contribution is 9.10. The zero-order valence-corrected chi connectivity index (χ0v) is 20.0. The van der Waals surface area contributed by atoms with Gasteiger partial charge in [-0.15, -0.1) is 11.3 Å². The van der Waals surface area contributed by atoms with Crippen LogP contribution in [0.2, 0.25) is 0 Å². The molecule has 1 aromatic heterocycles. The normalized spacial score (nSPS) is 17.3. The molecule has 2 heterocycles. The van der Waals surface area contributed by atoms with Crippen molar-refractivity contribution in [3.05, 3.63) is 73.3 Å². The number of ether oxygens (including phenoxy) is 1. The van der Waals surface area contributed by atoms with Crippen LogP contribution in [0.15, 0.2) is 56.3 Å². The molecular weight excluding hydrogens is 458 g/mol. The molecule has 0 N–H and O–H groups in total. The van der Waals surface area contributed by atoms with E-state index in [-0.39, 0.29) is 6.10 Å². The minimum atomic E-state index is 0.224. The summed E-state index contributed by atoms with van der Waals surface area (Å²) in [6.45, 7) is 7.99. The predicted molar refractivity (Wildman–Crippen MR) is 128 cm³/mol. The van der Waals surface area contributed by atoms with Crippen LogP contribution in [0.5, 0.6) is 0 Å². The van der Waals surface area contributed by atoms with Crippen molar-refractivity contribution in [1.82, 2.24) is 4.68 Å². The van der Waals surface area contributed by atoms with Crippen molar-refractivity contribution >= 4 is 33.5 Å². The molecule has 30 heavy (non-hydrogen) atoms. The van der Waals surface area contributed by atoms with Crippen LogP contribution in [0.4, 0.5) is 0 Å². The Bertz CT molecular complexity index is 1140. The lowest BCUT2D eigenvalue weighted by molar-refractivity contribution is 0.117. The van der Waals surface area contributed by atoms with Gasteiger partial charge in [-0.1, -0.05) is 34.1 Å². The summed E-state index contributed by atoms with van der Waals surface area (Å²) in [5.74, 6) is 0. The zero-order valence-electron chi connectivity index (χ0n) is 17.6. The molecule has 2 aromatic carbocycles. The fourth-order valence-corrected chi connectivity index (χ4v) is 4.88. The standard InChI is InChI=1S/C24H26BrN3OS/c1-16-10-18(3)22(11-17(16)2)23-15-30-24(26-14-21-8-5-9-29-21)28(23)27-13-19-6-4-7-20(25)12-19/h4,6-7,10-13,15,21H,5,8-9,14H2,1-3H3. The Balaban J connectivity index is 1.78. The van der Waals surface area contributed by atoms with E-state index in [0.29, 0.717) is 6.54 Å². The molecule has 1 aliphatic rings. The van der Waals surface area contributed by atoms with Crippen molar-refractivity contribution in [2.45, 2.75) is 39.7 Å². The van der Waals surface area contributed by atoms with E-state index in [1.165, 1.54) is 22.3 Å². The van der Waals surface area contributed by atoms with Crippen molar-refractivity contribution in [3.63, 3.8) is 0 Å². The van der Waals surface area contributed by atoms with E-state index < -0.39 is 0 Å². The monoisotopic (exact) mass is 483 g/mol. The van der Waals surface area contributed by atoms with Crippen LogP contribution in [0, 0.1) is 20.8 Å². The fourth-order valence-electron chi connectivity index (χ4n) is 3.62. The molecule has 0 amide bonds. The highest BCUT2D eigenvalue weighted by Gasteiger charge is 2.16. The summed E-state index contributed by atoms with van der Waals surface area (Å²) in [5.41, 5.74) is 7.13. The first kappa shape index (κ1) is 21.2. The highest BCUT2D eigenvalue weighted by atomic mass is 79.9. The Morgan fingerprint density at radius 2 is 2.00 bits per heavy atom. The summed E-state index contributed by atoms with van der Waals surface area (Å²) in [5, 5.41) is 7.00. The molecule has 0 bridgehead atoms.